The molecule has 0 spiro atoms. The van der Waals surface area contributed by atoms with E-state index in [-0.39, 0.29) is 4.90 Å². The molecule has 2 aromatic rings. The van der Waals surface area contributed by atoms with Crippen LogP contribution in [0.3, 0.4) is 0 Å². The largest absolute Gasteiger partial charge is 0.465 e. The molecule has 29 heavy (non-hydrogen) atoms. The minimum Gasteiger partial charge on any atom is -0.465 e. The number of rotatable bonds is 4. The van der Waals surface area contributed by atoms with E-state index in [1.165, 1.54) is 32.1 Å². The zero-order valence-corrected chi connectivity index (χ0v) is 18.1. The second-order valence-electron chi connectivity index (χ2n) is 8.13. The minimum absolute atomic E-state index is 0.180. The highest BCUT2D eigenvalue weighted by Gasteiger charge is 2.24. The fraction of sp³-hybridized carbons (Fsp3) is 0.409. The van der Waals surface area contributed by atoms with Crippen molar-refractivity contribution in [3.63, 3.8) is 0 Å². The fourth-order valence-corrected chi connectivity index (χ4v) is 4.79. The molecule has 1 saturated carbocycles. The van der Waals surface area contributed by atoms with Gasteiger partial charge in [-0.25, -0.2) is 17.9 Å². The monoisotopic (exact) mass is 418 g/mol. The van der Waals surface area contributed by atoms with Crippen LogP contribution in [0.2, 0.25) is 0 Å². The first-order valence-corrected chi connectivity index (χ1v) is 11.3. The second kappa shape index (κ2) is 9.89. The summed E-state index contributed by atoms with van der Waals surface area (Å²) < 4.78 is 27.9. The first kappa shape index (κ1) is 22.9. The van der Waals surface area contributed by atoms with E-state index in [0.717, 1.165) is 0 Å². The first-order chi connectivity index (χ1) is 13.6. The molecular weight excluding hydrogens is 388 g/mol. The van der Waals surface area contributed by atoms with Crippen molar-refractivity contribution >= 4 is 21.8 Å². The van der Waals surface area contributed by atoms with Crippen LogP contribution < -0.4 is 10.0 Å². The van der Waals surface area contributed by atoms with Gasteiger partial charge in [-0.3, -0.25) is 5.32 Å². The molecule has 0 radical (unpaired) electrons. The van der Waals surface area contributed by atoms with Gasteiger partial charge in [0.15, 0.2) is 0 Å². The Morgan fingerprint density at radius 1 is 0.897 bits per heavy atom. The molecule has 158 valence electrons. The van der Waals surface area contributed by atoms with Crippen LogP contribution >= 0.6 is 0 Å². The van der Waals surface area contributed by atoms with Crippen LogP contribution in [0.1, 0.15) is 52.9 Å². The summed E-state index contributed by atoms with van der Waals surface area (Å²) in [6.07, 6.45) is 6.35. The molecule has 1 fully saturated rings. The Morgan fingerprint density at radius 2 is 1.41 bits per heavy atom. The molecule has 3 rings (SSSR count). The Morgan fingerprint density at radius 3 is 1.90 bits per heavy atom. The quantitative estimate of drug-likeness (QED) is 0.613. The first-order valence-electron chi connectivity index (χ1n) is 9.82. The van der Waals surface area contributed by atoms with Crippen LogP contribution in [0.25, 0.3) is 11.1 Å². The van der Waals surface area contributed by atoms with Crippen molar-refractivity contribution < 1.29 is 18.3 Å². The molecule has 6 nitrogen and oxygen atoms in total. The molecule has 1 amide bonds. The summed E-state index contributed by atoms with van der Waals surface area (Å²) in [4.78, 5) is 10.8. The molecule has 0 heterocycles. The number of sulfonamides is 1. The molecule has 3 N–H and O–H groups in total. The molecular formula is C22H30N2O4S. The number of carbonyl (C=O) groups is 1. The van der Waals surface area contributed by atoms with Crippen molar-refractivity contribution in [2.75, 3.05) is 5.32 Å². The number of benzene rings is 2. The van der Waals surface area contributed by atoms with Crippen LogP contribution in [0, 0.1) is 0 Å². The number of hydrogen-bond donors (Lipinski definition) is 3. The molecule has 7 heteroatoms. The summed E-state index contributed by atoms with van der Waals surface area (Å²) in [6.45, 7) is 5.33. The maximum absolute atomic E-state index is 12.7. The van der Waals surface area contributed by atoms with Crippen molar-refractivity contribution in [3.05, 3.63) is 48.5 Å². The summed E-state index contributed by atoms with van der Waals surface area (Å²) in [7, 11) is -3.69. The summed E-state index contributed by atoms with van der Waals surface area (Å²) in [5.74, 6) is 0. The van der Waals surface area contributed by atoms with Crippen molar-refractivity contribution in [1.82, 2.24) is 4.72 Å². The lowest BCUT2D eigenvalue weighted by molar-refractivity contribution is 0.209. The van der Waals surface area contributed by atoms with E-state index >= 15 is 0 Å². The van der Waals surface area contributed by atoms with E-state index in [2.05, 4.69) is 10.0 Å². The summed E-state index contributed by atoms with van der Waals surface area (Å²) in [6, 6.07) is 13.2. The predicted molar refractivity (Wildman–Crippen MR) is 117 cm³/mol. The summed E-state index contributed by atoms with van der Waals surface area (Å²) in [5.41, 5.74) is 1.05. The maximum Gasteiger partial charge on any atom is 0.409 e. The third-order valence-corrected chi connectivity index (χ3v) is 6.13. The Labute approximate surface area is 173 Å². The minimum atomic E-state index is -3.69. The number of amides is 1. The SMILES string of the molecule is C1CCCC1.CC(C)(C)NS(=O)(=O)c1ccccc1-c1ccc(NC(=O)O)cc1. The van der Waals surface area contributed by atoms with Crippen LogP contribution in [-0.4, -0.2) is 25.2 Å². The standard InChI is InChI=1S/C17H20N2O4S.C5H10/c1-17(2,3)19-24(22,23)15-7-5-4-6-14(15)12-8-10-13(11-9-12)18-16(20)21;1-2-4-5-3-1/h4-11,18-19H,1-3H3,(H,20,21);1-5H2. The lowest BCUT2D eigenvalue weighted by Gasteiger charge is -2.21. The number of nitrogens with one attached hydrogen (secondary N) is 2. The molecule has 0 bridgehead atoms. The lowest BCUT2D eigenvalue weighted by atomic mass is 10.1. The third kappa shape index (κ3) is 7.51. The molecule has 2 aromatic carbocycles. The van der Waals surface area contributed by atoms with E-state index in [4.69, 9.17) is 5.11 Å². The van der Waals surface area contributed by atoms with Gasteiger partial charge in [-0.2, -0.15) is 0 Å². The molecule has 0 atom stereocenters. The Kier molecular flexibility index (Phi) is 7.81. The number of hydrogen-bond acceptors (Lipinski definition) is 3. The highest BCUT2D eigenvalue weighted by atomic mass is 32.2. The molecule has 0 unspecified atom stereocenters. The van der Waals surface area contributed by atoms with Gasteiger partial charge in [0.05, 0.1) is 4.90 Å². The van der Waals surface area contributed by atoms with E-state index in [0.29, 0.717) is 16.8 Å². The van der Waals surface area contributed by atoms with Gasteiger partial charge < -0.3 is 5.11 Å². The molecule has 1 aliphatic rings. The van der Waals surface area contributed by atoms with Gasteiger partial charge in [0.1, 0.15) is 0 Å². The topological polar surface area (TPSA) is 95.5 Å². The van der Waals surface area contributed by atoms with Crippen molar-refractivity contribution in [2.24, 2.45) is 0 Å². The van der Waals surface area contributed by atoms with Crippen molar-refractivity contribution in [1.29, 1.82) is 0 Å². The van der Waals surface area contributed by atoms with E-state index in [9.17, 15) is 13.2 Å². The maximum atomic E-state index is 12.7. The molecule has 1 aliphatic carbocycles. The van der Waals surface area contributed by atoms with Gasteiger partial charge in [0, 0.05) is 16.8 Å². The molecule has 0 aromatic heterocycles. The van der Waals surface area contributed by atoms with Crippen LogP contribution in [0.4, 0.5) is 10.5 Å². The van der Waals surface area contributed by atoms with E-state index < -0.39 is 21.7 Å². The zero-order valence-electron chi connectivity index (χ0n) is 17.2. The van der Waals surface area contributed by atoms with E-state index in [1.807, 2.05) is 0 Å². The van der Waals surface area contributed by atoms with Crippen molar-refractivity contribution in [3.8, 4) is 11.1 Å². The van der Waals surface area contributed by atoms with Gasteiger partial charge in [0.25, 0.3) is 0 Å². The van der Waals surface area contributed by atoms with Gasteiger partial charge in [0.2, 0.25) is 10.0 Å². The number of carboxylic acid groups (broad SMARTS) is 1. The zero-order chi connectivity index (χ0) is 21.5. The Balaban J connectivity index is 0.000000521. The lowest BCUT2D eigenvalue weighted by Crippen LogP contribution is -2.40. The van der Waals surface area contributed by atoms with Crippen LogP contribution in [0.15, 0.2) is 53.4 Å². The second-order valence-corrected chi connectivity index (χ2v) is 9.78. The fourth-order valence-electron chi connectivity index (χ4n) is 3.14. The van der Waals surface area contributed by atoms with Crippen LogP contribution in [0.5, 0.6) is 0 Å². The number of anilines is 1. The third-order valence-electron chi connectivity index (χ3n) is 4.31. The van der Waals surface area contributed by atoms with Gasteiger partial charge in [-0.1, -0.05) is 62.4 Å². The Bertz CT molecular complexity index is 905. The highest BCUT2D eigenvalue weighted by Crippen LogP contribution is 2.29. The van der Waals surface area contributed by atoms with Gasteiger partial charge in [-0.05, 0) is 44.5 Å². The summed E-state index contributed by atoms with van der Waals surface area (Å²) >= 11 is 0. The van der Waals surface area contributed by atoms with E-state index in [1.54, 1.807) is 69.3 Å². The van der Waals surface area contributed by atoms with Gasteiger partial charge in [-0.15, -0.1) is 0 Å². The molecule has 0 saturated heterocycles. The van der Waals surface area contributed by atoms with Crippen LogP contribution in [-0.2, 0) is 10.0 Å². The molecule has 0 aliphatic heterocycles. The average molecular weight is 419 g/mol. The highest BCUT2D eigenvalue weighted by molar-refractivity contribution is 7.89. The predicted octanol–water partition coefficient (Wildman–Crippen LogP) is 5.47. The van der Waals surface area contributed by atoms with Gasteiger partial charge >= 0.3 is 6.09 Å². The normalized spacial score (nSPS) is 14.0. The van der Waals surface area contributed by atoms with Crippen molar-refractivity contribution in [2.45, 2.75) is 63.3 Å². The smallest absolute Gasteiger partial charge is 0.409 e. The summed E-state index contributed by atoms with van der Waals surface area (Å²) in [5, 5.41) is 11.0. The Hall–Kier alpha value is -2.38. The average Bonchev–Trinajstić information content (AvgIpc) is 3.20.